The van der Waals surface area contributed by atoms with Crippen LogP contribution in [0.1, 0.15) is 34.8 Å². The first-order valence-corrected chi connectivity index (χ1v) is 9.11. The minimum absolute atomic E-state index is 0.138. The third-order valence-corrected chi connectivity index (χ3v) is 4.20. The number of carbonyl (C=O) groups excluding carboxylic acids is 1. The van der Waals surface area contributed by atoms with Crippen LogP contribution in [0.15, 0.2) is 53.8 Å². The summed E-state index contributed by atoms with van der Waals surface area (Å²) < 4.78 is 5.75. The van der Waals surface area contributed by atoms with Gasteiger partial charge >= 0.3 is 0 Å². The molecule has 0 radical (unpaired) electrons. The number of allylic oxidation sites excluding steroid dienone is 1. The number of hydrogen-bond acceptors (Lipinski definition) is 6. The maximum absolute atomic E-state index is 12.7. The Morgan fingerprint density at radius 1 is 1.36 bits per heavy atom. The lowest BCUT2D eigenvalue weighted by Crippen LogP contribution is -2.38. The molecule has 2 aromatic rings. The maximum Gasteiger partial charge on any atom is 0.255 e. The number of ether oxygens (including phenoxy) is 1. The first-order chi connectivity index (χ1) is 13.6. The number of nitrogens with zero attached hydrogens (tertiary/aromatic N) is 2. The standard InChI is InChI=1S/C21H27N5O2/c1-3-18(14-28-13-15-7-5-4-6-8-15)26-21(27)19-9-16(12-25-20(19)23)17(10-22)11-24-2/h4-12,18H,3,13-14,22H2,1-2H3,(H2,23,25)(H,26,27)/t18-/m1/s1. The van der Waals surface area contributed by atoms with Gasteiger partial charge in [-0.2, -0.15) is 0 Å². The molecule has 0 bridgehead atoms. The summed E-state index contributed by atoms with van der Waals surface area (Å²) in [6.07, 6.45) is 5.30. The second-order valence-electron chi connectivity index (χ2n) is 6.25. The number of rotatable bonds is 9. The molecule has 0 fully saturated rings. The van der Waals surface area contributed by atoms with Gasteiger partial charge in [0.1, 0.15) is 5.82 Å². The van der Waals surface area contributed by atoms with Crippen LogP contribution in [0.25, 0.3) is 5.57 Å². The van der Waals surface area contributed by atoms with Crippen LogP contribution < -0.4 is 16.8 Å². The van der Waals surface area contributed by atoms with Gasteiger partial charge in [0.05, 0.1) is 24.8 Å². The van der Waals surface area contributed by atoms with Gasteiger partial charge in [-0.05, 0) is 18.1 Å². The second-order valence-corrected chi connectivity index (χ2v) is 6.25. The van der Waals surface area contributed by atoms with Crippen LogP contribution >= 0.6 is 0 Å². The van der Waals surface area contributed by atoms with Gasteiger partial charge in [0.25, 0.3) is 5.91 Å². The lowest BCUT2D eigenvalue weighted by molar-refractivity contribution is 0.0792. The van der Waals surface area contributed by atoms with E-state index in [9.17, 15) is 4.79 Å². The largest absolute Gasteiger partial charge is 0.404 e. The van der Waals surface area contributed by atoms with Crippen LogP contribution in [0.5, 0.6) is 0 Å². The Morgan fingerprint density at radius 3 is 2.75 bits per heavy atom. The molecule has 0 aliphatic rings. The van der Waals surface area contributed by atoms with Crippen molar-refractivity contribution in [3.8, 4) is 0 Å². The Kier molecular flexibility index (Phi) is 8.17. The van der Waals surface area contributed by atoms with Crippen molar-refractivity contribution in [2.45, 2.75) is 26.0 Å². The number of anilines is 1. The van der Waals surface area contributed by atoms with E-state index >= 15 is 0 Å². The van der Waals surface area contributed by atoms with E-state index < -0.39 is 0 Å². The van der Waals surface area contributed by atoms with Crippen LogP contribution in [0.2, 0.25) is 0 Å². The molecule has 0 aliphatic carbocycles. The molecule has 7 heteroatoms. The Morgan fingerprint density at radius 2 is 2.11 bits per heavy atom. The number of hydrogen-bond donors (Lipinski definition) is 3. The molecule has 148 valence electrons. The van der Waals surface area contributed by atoms with Crippen molar-refractivity contribution >= 4 is 23.5 Å². The minimum Gasteiger partial charge on any atom is -0.404 e. The molecule has 1 heterocycles. The van der Waals surface area contributed by atoms with Crippen molar-refractivity contribution in [1.82, 2.24) is 10.3 Å². The Bertz CT molecular complexity index is 834. The summed E-state index contributed by atoms with van der Waals surface area (Å²) in [6, 6.07) is 11.4. The SMILES string of the molecule is CC[C@H](COCc1ccccc1)NC(=O)c1cc(C(C=NC)=CN)cnc1N. The molecule has 0 spiro atoms. The van der Waals surface area contributed by atoms with Gasteiger partial charge in [-0.1, -0.05) is 37.3 Å². The molecular formula is C21H27N5O2. The summed E-state index contributed by atoms with van der Waals surface area (Å²) in [7, 11) is 1.64. The van der Waals surface area contributed by atoms with Crippen LogP contribution in [0.4, 0.5) is 5.82 Å². The van der Waals surface area contributed by atoms with E-state index in [0.29, 0.717) is 29.9 Å². The van der Waals surface area contributed by atoms with E-state index in [1.807, 2.05) is 37.3 Å². The third kappa shape index (κ3) is 5.92. The van der Waals surface area contributed by atoms with Gasteiger partial charge < -0.3 is 21.5 Å². The van der Waals surface area contributed by atoms with Crippen LogP contribution in [0, 0.1) is 0 Å². The molecule has 0 aliphatic heterocycles. The van der Waals surface area contributed by atoms with Crippen LogP contribution in [-0.4, -0.2) is 36.8 Å². The fourth-order valence-electron chi connectivity index (χ4n) is 2.59. The lowest BCUT2D eigenvalue weighted by atomic mass is 10.1. The van der Waals surface area contributed by atoms with Gasteiger partial charge in [-0.15, -0.1) is 0 Å². The van der Waals surface area contributed by atoms with Crippen molar-refractivity contribution in [2.24, 2.45) is 10.7 Å². The van der Waals surface area contributed by atoms with Crippen LogP contribution in [0.3, 0.4) is 0 Å². The molecule has 0 saturated carbocycles. The average Bonchev–Trinajstić information content (AvgIpc) is 2.72. The number of nitrogens with one attached hydrogen (secondary N) is 1. The molecule has 1 aromatic carbocycles. The predicted molar refractivity (Wildman–Crippen MR) is 113 cm³/mol. The van der Waals surface area contributed by atoms with E-state index in [-0.39, 0.29) is 17.8 Å². The Balaban J connectivity index is 2.03. The number of nitrogen functional groups attached to an aromatic ring is 1. The molecule has 7 nitrogen and oxygen atoms in total. The first kappa shape index (κ1) is 21.1. The molecule has 1 amide bonds. The quantitative estimate of drug-likeness (QED) is 0.577. The third-order valence-electron chi connectivity index (χ3n) is 4.20. The number of benzene rings is 1. The highest BCUT2D eigenvalue weighted by atomic mass is 16.5. The highest BCUT2D eigenvalue weighted by molar-refractivity contribution is 6.10. The number of aromatic nitrogens is 1. The van der Waals surface area contributed by atoms with Gasteiger partial charge in [0.2, 0.25) is 0 Å². The topological polar surface area (TPSA) is 116 Å². The number of carbonyl (C=O) groups is 1. The van der Waals surface area contributed by atoms with Crippen molar-refractivity contribution in [3.05, 3.63) is 65.5 Å². The van der Waals surface area contributed by atoms with E-state index in [0.717, 1.165) is 12.0 Å². The summed E-state index contributed by atoms with van der Waals surface area (Å²) in [5.74, 6) is -0.141. The van der Waals surface area contributed by atoms with E-state index in [2.05, 4.69) is 15.3 Å². The van der Waals surface area contributed by atoms with Gasteiger partial charge in [-0.3, -0.25) is 9.79 Å². The average molecular weight is 381 g/mol. The number of nitrogens with two attached hydrogens (primary N) is 2. The van der Waals surface area contributed by atoms with E-state index in [1.165, 1.54) is 6.20 Å². The van der Waals surface area contributed by atoms with Crippen molar-refractivity contribution in [3.63, 3.8) is 0 Å². The Labute approximate surface area is 165 Å². The maximum atomic E-state index is 12.7. The number of amides is 1. The zero-order valence-corrected chi connectivity index (χ0v) is 16.3. The second kappa shape index (κ2) is 10.8. The molecule has 0 saturated heterocycles. The molecule has 0 unspecified atom stereocenters. The van der Waals surface area contributed by atoms with Crippen molar-refractivity contribution < 1.29 is 9.53 Å². The van der Waals surface area contributed by atoms with E-state index in [1.54, 1.807) is 25.5 Å². The zero-order valence-electron chi connectivity index (χ0n) is 16.3. The predicted octanol–water partition coefficient (Wildman–Crippen LogP) is 2.39. The molecule has 1 aromatic heterocycles. The summed E-state index contributed by atoms with van der Waals surface area (Å²) in [5.41, 5.74) is 14.2. The Hall–Kier alpha value is -3.19. The summed E-state index contributed by atoms with van der Waals surface area (Å²) in [4.78, 5) is 20.8. The first-order valence-electron chi connectivity index (χ1n) is 9.11. The highest BCUT2D eigenvalue weighted by Gasteiger charge is 2.17. The fraction of sp³-hybridized carbons (Fsp3) is 0.286. The monoisotopic (exact) mass is 381 g/mol. The minimum atomic E-state index is -0.299. The van der Waals surface area contributed by atoms with Gasteiger partial charge in [0, 0.05) is 36.8 Å². The highest BCUT2D eigenvalue weighted by Crippen LogP contribution is 2.17. The lowest BCUT2D eigenvalue weighted by Gasteiger charge is -2.18. The van der Waals surface area contributed by atoms with Crippen molar-refractivity contribution in [1.29, 1.82) is 0 Å². The molecule has 1 atom stereocenters. The van der Waals surface area contributed by atoms with Crippen molar-refractivity contribution in [2.75, 3.05) is 19.4 Å². The fourth-order valence-corrected chi connectivity index (χ4v) is 2.59. The molecule has 5 N–H and O–H groups in total. The smallest absolute Gasteiger partial charge is 0.255 e. The van der Waals surface area contributed by atoms with E-state index in [4.69, 9.17) is 16.2 Å². The summed E-state index contributed by atoms with van der Waals surface area (Å²) >= 11 is 0. The molecular weight excluding hydrogens is 354 g/mol. The molecule has 28 heavy (non-hydrogen) atoms. The van der Waals surface area contributed by atoms with Gasteiger partial charge in [-0.25, -0.2) is 4.98 Å². The van der Waals surface area contributed by atoms with Gasteiger partial charge in [0.15, 0.2) is 0 Å². The number of aliphatic imine (C=N–C) groups is 1. The van der Waals surface area contributed by atoms with Crippen LogP contribution in [-0.2, 0) is 11.3 Å². The summed E-state index contributed by atoms with van der Waals surface area (Å²) in [6.45, 7) is 2.88. The molecule has 2 rings (SSSR count). The zero-order chi connectivity index (χ0) is 20.4. The normalized spacial score (nSPS) is 12.9. The summed E-state index contributed by atoms with van der Waals surface area (Å²) in [5, 5.41) is 2.96. The number of pyridine rings is 1.